The van der Waals surface area contributed by atoms with Gasteiger partial charge in [-0.25, -0.2) is 4.99 Å². The van der Waals surface area contributed by atoms with Crippen LogP contribution in [0.2, 0.25) is 0 Å². The van der Waals surface area contributed by atoms with Crippen molar-refractivity contribution >= 4 is 11.6 Å². The number of methoxy groups -OCH3 is 1. The van der Waals surface area contributed by atoms with Gasteiger partial charge in [-0.15, -0.1) is 0 Å². The molecule has 0 aliphatic carbocycles. The number of para-hydroxylation sites is 3. The molecule has 1 fully saturated rings. The summed E-state index contributed by atoms with van der Waals surface area (Å²) in [6.45, 7) is 9.11. The molecule has 2 aromatic carbocycles. The van der Waals surface area contributed by atoms with Crippen molar-refractivity contribution in [1.82, 2.24) is 10.6 Å². The van der Waals surface area contributed by atoms with E-state index in [2.05, 4.69) is 40.7 Å². The molecule has 2 aromatic rings. The van der Waals surface area contributed by atoms with Gasteiger partial charge in [0.2, 0.25) is 0 Å². The maximum absolute atomic E-state index is 5.72. The van der Waals surface area contributed by atoms with E-state index in [1.54, 1.807) is 7.11 Å². The number of hydrogen-bond donors (Lipinski definition) is 2. The highest BCUT2D eigenvalue weighted by Crippen LogP contribution is 2.31. The summed E-state index contributed by atoms with van der Waals surface area (Å²) in [5.74, 6) is 3.26. The molecular weight excluding hydrogens is 376 g/mol. The zero-order chi connectivity index (χ0) is 21.2. The lowest BCUT2D eigenvalue weighted by molar-refractivity contribution is 0.336. The average molecular weight is 411 g/mol. The first-order chi connectivity index (χ1) is 14.7. The summed E-state index contributed by atoms with van der Waals surface area (Å²) in [7, 11) is 1.73. The van der Waals surface area contributed by atoms with Crippen LogP contribution in [0.25, 0.3) is 0 Å². The Bertz CT molecular complexity index is 824. The third-order valence-electron chi connectivity index (χ3n) is 5.29. The van der Waals surface area contributed by atoms with Crippen LogP contribution in [-0.2, 0) is 6.54 Å². The maximum atomic E-state index is 5.72. The van der Waals surface area contributed by atoms with E-state index in [9.17, 15) is 0 Å². The second-order valence-corrected chi connectivity index (χ2v) is 7.39. The summed E-state index contributed by atoms with van der Waals surface area (Å²) in [6.07, 6.45) is 1.15. The molecule has 30 heavy (non-hydrogen) atoms. The van der Waals surface area contributed by atoms with E-state index in [1.807, 2.05) is 37.3 Å². The van der Waals surface area contributed by atoms with Gasteiger partial charge in [0.05, 0.1) is 25.9 Å². The zero-order valence-electron chi connectivity index (χ0n) is 18.4. The molecule has 6 nitrogen and oxygen atoms in total. The van der Waals surface area contributed by atoms with Gasteiger partial charge >= 0.3 is 0 Å². The van der Waals surface area contributed by atoms with Crippen LogP contribution >= 0.6 is 0 Å². The van der Waals surface area contributed by atoms with E-state index in [4.69, 9.17) is 14.5 Å². The maximum Gasteiger partial charge on any atom is 0.191 e. The highest BCUT2D eigenvalue weighted by molar-refractivity contribution is 5.79. The first-order valence-corrected chi connectivity index (χ1v) is 10.9. The normalized spacial score (nSPS) is 16.4. The van der Waals surface area contributed by atoms with E-state index in [-0.39, 0.29) is 0 Å². The van der Waals surface area contributed by atoms with Crippen molar-refractivity contribution < 1.29 is 9.47 Å². The Labute approximate surface area is 180 Å². The Morgan fingerprint density at radius 3 is 2.60 bits per heavy atom. The molecule has 6 heteroatoms. The van der Waals surface area contributed by atoms with Crippen LogP contribution in [0, 0.1) is 5.92 Å². The van der Waals surface area contributed by atoms with Crippen molar-refractivity contribution in [2.24, 2.45) is 10.9 Å². The first kappa shape index (κ1) is 21.8. The number of hydrogen-bond acceptors (Lipinski definition) is 4. The number of aliphatic imine (C=N–C) groups is 1. The molecule has 1 aliphatic heterocycles. The van der Waals surface area contributed by atoms with Crippen LogP contribution in [0.5, 0.6) is 11.5 Å². The molecule has 1 aliphatic rings. The minimum Gasteiger partial charge on any atom is -0.495 e. The number of ether oxygens (including phenoxy) is 2. The Morgan fingerprint density at radius 1 is 1.07 bits per heavy atom. The quantitative estimate of drug-likeness (QED) is 0.488. The monoisotopic (exact) mass is 410 g/mol. The molecule has 0 amide bonds. The first-order valence-electron chi connectivity index (χ1n) is 10.9. The van der Waals surface area contributed by atoms with Crippen LogP contribution in [0.15, 0.2) is 53.5 Å². The van der Waals surface area contributed by atoms with E-state index in [0.29, 0.717) is 19.1 Å². The third-order valence-corrected chi connectivity index (χ3v) is 5.29. The number of anilines is 1. The Hall–Kier alpha value is -2.89. The van der Waals surface area contributed by atoms with Crippen LogP contribution < -0.4 is 25.0 Å². The van der Waals surface area contributed by atoms with Crippen molar-refractivity contribution in [3.63, 3.8) is 0 Å². The van der Waals surface area contributed by atoms with Crippen LogP contribution in [0.3, 0.4) is 0 Å². The predicted octanol–water partition coefficient (Wildman–Crippen LogP) is 3.68. The van der Waals surface area contributed by atoms with Gasteiger partial charge in [0.25, 0.3) is 0 Å². The van der Waals surface area contributed by atoms with Crippen LogP contribution in [0.4, 0.5) is 5.69 Å². The van der Waals surface area contributed by atoms with E-state index in [0.717, 1.165) is 55.6 Å². The Kier molecular flexibility index (Phi) is 8.24. The molecule has 2 N–H and O–H groups in total. The molecule has 0 spiro atoms. The van der Waals surface area contributed by atoms with Gasteiger partial charge in [0.15, 0.2) is 5.96 Å². The van der Waals surface area contributed by atoms with Crippen molar-refractivity contribution in [2.75, 3.05) is 44.8 Å². The van der Waals surface area contributed by atoms with E-state index in [1.165, 1.54) is 5.69 Å². The van der Waals surface area contributed by atoms with Gasteiger partial charge in [-0.05, 0) is 44.4 Å². The molecule has 0 saturated carbocycles. The highest BCUT2D eigenvalue weighted by atomic mass is 16.5. The van der Waals surface area contributed by atoms with Crippen LogP contribution in [0.1, 0.15) is 25.8 Å². The number of nitrogens with zero attached hydrogens (tertiary/aromatic N) is 2. The van der Waals surface area contributed by atoms with Gasteiger partial charge in [0, 0.05) is 31.7 Å². The number of nitrogens with one attached hydrogen (secondary N) is 2. The van der Waals surface area contributed by atoms with Crippen molar-refractivity contribution in [3.05, 3.63) is 54.1 Å². The van der Waals surface area contributed by atoms with Gasteiger partial charge in [-0.2, -0.15) is 0 Å². The fraction of sp³-hybridized carbons (Fsp3) is 0.458. The molecule has 3 rings (SSSR count). The van der Waals surface area contributed by atoms with Crippen molar-refractivity contribution in [2.45, 2.75) is 26.8 Å². The standard InChI is InChI=1S/C24H34N4O2/c1-4-25-24(27-17-20-10-6-8-12-22(20)30-5-2)26-16-19-14-15-28(18-19)21-11-7-9-13-23(21)29-3/h6-13,19H,4-5,14-18H2,1-3H3,(H2,25,26,27). The molecule has 1 heterocycles. The minimum absolute atomic E-state index is 0.564. The number of benzene rings is 2. The van der Waals surface area contributed by atoms with Crippen LogP contribution in [-0.4, -0.2) is 45.9 Å². The summed E-state index contributed by atoms with van der Waals surface area (Å²) < 4.78 is 11.2. The minimum atomic E-state index is 0.564. The fourth-order valence-corrected chi connectivity index (χ4v) is 3.79. The lowest BCUT2D eigenvalue weighted by Gasteiger charge is -2.21. The number of guanidine groups is 1. The molecule has 0 radical (unpaired) electrons. The summed E-state index contributed by atoms with van der Waals surface area (Å²) in [5.41, 5.74) is 2.27. The lowest BCUT2D eigenvalue weighted by atomic mass is 10.1. The SMILES string of the molecule is CCNC(=NCc1ccccc1OCC)NCC1CCN(c2ccccc2OC)C1. The van der Waals surface area contributed by atoms with Crippen molar-refractivity contribution in [1.29, 1.82) is 0 Å². The molecule has 0 aromatic heterocycles. The molecule has 1 saturated heterocycles. The topological polar surface area (TPSA) is 58.1 Å². The summed E-state index contributed by atoms with van der Waals surface area (Å²) in [6, 6.07) is 16.3. The van der Waals surface area contributed by atoms with Gasteiger partial charge in [0.1, 0.15) is 11.5 Å². The number of rotatable bonds is 9. The predicted molar refractivity (Wildman–Crippen MR) is 124 cm³/mol. The second kappa shape index (κ2) is 11.3. The average Bonchev–Trinajstić information content (AvgIpc) is 3.25. The molecular formula is C24H34N4O2. The zero-order valence-corrected chi connectivity index (χ0v) is 18.4. The smallest absolute Gasteiger partial charge is 0.191 e. The summed E-state index contributed by atoms with van der Waals surface area (Å²) in [5, 5.41) is 6.88. The third kappa shape index (κ3) is 5.81. The summed E-state index contributed by atoms with van der Waals surface area (Å²) >= 11 is 0. The van der Waals surface area contributed by atoms with E-state index >= 15 is 0 Å². The van der Waals surface area contributed by atoms with Gasteiger partial charge in [-0.3, -0.25) is 0 Å². The molecule has 162 valence electrons. The van der Waals surface area contributed by atoms with E-state index < -0.39 is 0 Å². The lowest BCUT2D eigenvalue weighted by Crippen LogP contribution is -2.40. The Balaban J connectivity index is 1.57. The van der Waals surface area contributed by atoms with Crippen molar-refractivity contribution in [3.8, 4) is 11.5 Å². The molecule has 0 bridgehead atoms. The highest BCUT2D eigenvalue weighted by Gasteiger charge is 2.24. The fourth-order valence-electron chi connectivity index (χ4n) is 3.79. The molecule has 1 unspecified atom stereocenters. The second-order valence-electron chi connectivity index (χ2n) is 7.39. The van der Waals surface area contributed by atoms with Gasteiger partial charge < -0.3 is 25.0 Å². The summed E-state index contributed by atoms with van der Waals surface area (Å²) in [4.78, 5) is 7.18. The van der Waals surface area contributed by atoms with Gasteiger partial charge in [-0.1, -0.05) is 30.3 Å². The largest absolute Gasteiger partial charge is 0.495 e. The Morgan fingerprint density at radius 2 is 1.83 bits per heavy atom. The molecule has 1 atom stereocenters.